The fraction of sp³-hybridized carbons (Fsp3) is 0.833. The van der Waals surface area contributed by atoms with Gasteiger partial charge in [-0.25, -0.2) is 4.79 Å². The van der Waals surface area contributed by atoms with Crippen LogP contribution in [0.5, 0.6) is 0 Å². The molecule has 0 radical (unpaired) electrons. The van der Waals surface area contributed by atoms with Crippen molar-refractivity contribution in [3.8, 4) is 0 Å². The molecule has 1 atom stereocenters. The van der Waals surface area contributed by atoms with Crippen LogP contribution in [0.2, 0.25) is 0 Å². The van der Waals surface area contributed by atoms with E-state index in [0.717, 1.165) is 12.8 Å². The quantitative estimate of drug-likeness (QED) is 0.609. The van der Waals surface area contributed by atoms with Gasteiger partial charge in [-0.2, -0.15) is 0 Å². The second kappa shape index (κ2) is 8.84. The van der Waals surface area contributed by atoms with E-state index in [2.05, 4.69) is 24.5 Å². The Morgan fingerprint density at radius 2 is 1.82 bits per heavy atom. The van der Waals surface area contributed by atoms with Gasteiger partial charge in [0, 0.05) is 13.1 Å². The van der Waals surface area contributed by atoms with Crippen LogP contribution in [0.25, 0.3) is 0 Å². The number of hydrogen-bond acceptors (Lipinski definition) is 2. The number of carboxylic acids is 1. The van der Waals surface area contributed by atoms with Gasteiger partial charge in [0.1, 0.15) is 0 Å². The number of aliphatic carboxylic acids is 1. The number of urea groups is 1. The third-order valence-electron chi connectivity index (χ3n) is 2.50. The summed E-state index contributed by atoms with van der Waals surface area (Å²) in [5.74, 6) is -0.799. The second-order valence-electron chi connectivity index (χ2n) is 4.64. The van der Waals surface area contributed by atoms with Gasteiger partial charge >= 0.3 is 12.0 Å². The van der Waals surface area contributed by atoms with Crippen molar-refractivity contribution in [2.45, 2.75) is 40.0 Å². The molecular formula is C12H24N2O3. The molecule has 0 saturated heterocycles. The molecule has 0 aliphatic carbocycles. The van der Waals surface area contributed by atoms with Crippen LogP contribution in [0, 0.1) is 11.8 Å². The fourth-order valence-corrected chi connectivity index (χ4v) is 1.41. The standard InChI is InChI=1S/C12H24N2O3/c1-4-5-10(11(15)16)8-14-12(17)13-7-6-9(2)3/h9-10H,4-8H2,1-3H3,(H,15,16)(H2,13,14,17). The van der Waals surface area contributed by atoms with Crippen molar-refractivity contribution < 1.29 is 14.7 Å². The molecule has 5 nitrogen and oxygen atoms in total. The summed E-state index contributed by atoms with van der Waals surface area (Å²) in [5, 5.41) is 14.2. The number of nitrogens with one attached hydrogen (secondary N) is 2. The van der Waals surface area contributed by atoms with Crippen molar-refractivity contribution in [3.63, 3.8) is 0 Å². The summed E-state index contributed by atoms with van der Waals surface area (Å²) < 4.78 is 0. The van der Waals surface area contributed by atoms with Crippen LogP contribution in [-0.2, 0) is 4.79 Å². The molecule has 0 heterocycles. The SMILES string of the molecule is CCCC(CNC(=O)NCCC(C)C)C(=O)O. The average molecular weight is 244 g/mol. The highest BCUT2D eigenvalue weighted by Gasteiger charge is 2.16. The molecule has 0 aromatic carbocycles. The van der Waals surface area contributed by atoms with E-state index in [-0.39, 0.29) is 12.6 Å². The summed E-state index contributed by atoms with van der Waals surface area (Å²) in [6.07, 6.45) is 2.31. The molecular weight excluding hydrogens is 220 g/mol. The Labute approximate surface area is 103 Å². The van der Waals surface area contributed by atoms with Crippen LogP contribution in [-0.4, -0.2) is 30.2 Å². The molecule has 0 bridgehead atoms. The molecule has 0 aromatic heterocycles. The van der Waals surface area contributed by atoms with Gasteiger partial charge in [0.05, 0.1) is 5.92 Å². The zero-order chi connectivity index (χ0) is 13.3. The van der Waals surface area contributed by atoms with E-state index in [0.29, 0.717) is 18.9 Å². The van der Waals surface area contributed by atoms with Crippen LogP contribution >= 0.6 is 0 Å². The molecule has 100 valence electrons. The molecule has 0 aliphatic heterocycles. The zero-order valence-electron chi connectivity index (χ0n) is 11.0. The summed E-state index contributed by atoms with van der Waals surface area (Å²) in [7, 11) is 0. The summed E-state index contributed by atoms with van der Waals surface area (Å²) in [6, 6.07) is -0.284. The smallest absolute Gasteiger partial charge is 0.314 e. The fourth-order valence-electron chi connectivity index (χ4n) is 1.41. The number of carbonyl (C=O) groups excluding carboxylic acids is 1. The number of carbonyl (C=O) groups is 2. The lowest BCUT2D eigenvalue weighted by molar-refractivity contribution is -0.141. The molecule has 0 aliphatic rings. The Hall–Kier alpha value is -1.26. The van der Waals surface area contributed by atoms with Crippen LogP contribution < -0.4 is 10.6 Å². The van der Waals surface area contributed by atoms with Gasteiger partial charge in [0.15, 0.2) is 0 Å². The molecule has 17 heavy (non-hydrogen) atoms. The number of rotatable bonds is 8. The number of amides is 2. The highest BCUT2D eigenvalue weighted by molar-refractivity contribution is 5.75. The maximum absolute atomic E-state index is 11.3. The van der Waals surface area contributed by atoms with Gasteiger partial charge in [-0.3, -0.25) is 4.79 Å². The van der Waals surface area contributed by atoms with E-state index in [9.17, 15) is 9.59 Å². The summed E-state index contributed by atoms with van der Waals surface area (Å²) in [6.45, 7) is 6.91. The predicted molar refractivity (Wildman–Crippen MR) is 66.9 cm³/mol. The van der Waals surface area contributed by atoms with E-state index < -0.39 is 11.9 Å². The van der Waals surface area contributed by atoms with E-state index in [1.807, 2.05) is 6.92 Å². The van der Waals surface area contributed by atoms with Gasteiger partial charge in [0.2, 0.25) is 0 Å². The van der Waals surface area contributed by atoms with Crippen molar-refractivity contribution in [1.29, 1.82) is 0 Å². The Kier molecular flexibility index (Phi) is 8.19. The lowest BCUT2D eigenvalue weighted by Gasteiger charge is -2.13. The largest absolute Gasteiger partial charge is 0.481 e. The minimum atomic E-state index is -0.852. The van der Waals surface area contributed by atoms with Gasteiger partial charge in [-0.05, 0) is 18.8 Å². The monoisotopic (exact) mass is 244 g/mol. The molecule has 0 aromatic rings. The van der Waals surface area contributed by atoms with Crippen molar-refractivity contribution in [1.82, 2.24) is 10.6 Å². The highest BCUT2D eigenvalue weighted by Crippen LogP contribution is 2.04. The third-order valence-corrected chi connectivity index (χ3v) is 2.50. The van der Waals surface area contributed by atoms with Crippen molar-refractivity contribution in [2.24, 2.45) is 11.8 Å². The molecule has 0 rings (SSSR count). The van der Waals surface area contributed by atoms with Crippen molar-refractivity contribution in [3.05, 3.63) is 0 Å². The Morgan fingerprint density at radius 1 is 1.18 bits per heavy atom. The maximum atomic E-state index is 11.3. The van der Waals surface area contributed by atoms with Gasteiger partial charge in [-0.15, -0.1) is 0 Å². The lowest BCUT2D eigenvalue weighted by atomic mass is 10.0. The average Bonchev–Trinajstić information content (AvgIpc) is 2.23. The summed E-state index contributed by atoms with van der Waals surface area (Å²) in [4.78, 5) is 22.2. The first-order chi connectivity index (χ1) is 7.97. The van der Waals surface area contributed by atoms with Crippen LogP contribution in [0.3, 0.4) is 0 Å². The normalized spacial score (nSPS) is 12.2. The maximum Gasteiger partial charge on any atom is 0.314 e. The van der Waals surface area contributed by atoms with E-state index in [4.69, 9.17) is 5.11 Å². The minimum absolute atomic E-state index is 0.191. The first-order valence-corrected chi connectivity index (χ1v) is 6.21. The molecule has 3 N–H and O–H groups in total. The first-order valence-electron chi connectivity index (χ1n) is 6.21. The molecule has 2 amide bonds. The molecule has 0 fully saturated rings. The molecule has 5 heteroatoms. The highest BCUT2D eigenvalue weighted by atomic mass is 16.4. The van der Waals surface area contributed by atoms with Gasteiger partial charge in [0.25, 0.3) is 0 Å². The first kappa shape index (κ1) is 15.7. The van der Waals surface area contributed by atoms with Gasteiger partial charge in [-0.1, -0.05) is 27.2 Å². The van der Waals surface area contributed by atoms with E-state index in [1.54, 1.807) is 0 Å². The Bertz CT molecular complexity index is 242. The van der Waals surface area contributed by atoms with Gasteiger partial charge < -0.3 is 15.7 Å². The molecule has 0 saturated carbocycles. The lowest BCUT2D eigenvalue weighted by Crippen LogP contribution is -2.40. The topological polar surface area (TPSA) is 78.4 Å². The van der Waals surface area contributed by atoms with Crippen LogP contribution in [0.4, 0.5) is 4.79 Å². The third kappa shape index (κ3) is 8.54. The predicted octanol–water partition coefficient (Wildman–Crippen LogP) is 1.83. The second-order valence-corrected chi connectivity index (χ2v) is 4.64. The molecule has 0 spiro atoms. The van der Waals surface area contributed by atoms with Crippen LogP contribution in [0.1, 0.15) is 40.0 Å². The van der Waals surface area contributed by atoms with E-state index >= 15 is 0 Å². The number of hydrogen-bond donors (Lipinski definition) is 3. The summed E-state index contributed by atoms with van der Waals surface area (Å²) in [5.41, 5.74) is 0. The van der Waals surface area contributed by atoms with Crippen molar-refractivity contribution in [2.75, 3.05) is 13.1 Å². The Balaban J connectivity index is 3.76. The van der Waals surface area contributed by atoms with E-state index in [1.165, 1.54) is 0 Å². The van der Waals surface area contributed by atoms with Crippen molar-refractivity contribution >= 4 is 12.0 Å². The number of carboxylic acid groups (broad SMARTS) is 1. The Morgan fingerprint density at radius 3 is 2.29 bits per heavy atom. The minimum Gasteiger partial charge on any atom is -0.481 e. The molecule has 1 unspecified atom stereocenters. The van der Waals surface area contributed by atoms with Crippen LogP contribution in [0.15, 0.2) is 0 Å². The summed E-state index contributed by atoms with van der Waals surface area (Å²) >= 11 is 0. The zero-order valence-corrected chi connectivity index (χ0v) is 11.0.